The van der Waals surface area contributed by atoms with Crippen molar-refractivity contribution < 1.29 is 19.8 Å². The zero-order valence-corrected chi connectivity index (χ0v) is 26.1. The SMILES string of the molecule is CCC(=C(c1ccc(O)cc1)c1ccc(N2CCN(Cc3ccc(NC4CCC(=O)NC4=O)cc3)CC2)cc1)c1ccc(O)cc1. The van der Waals surface area contributed by atoms with Gasteiger partial charge in [-0.05, 0) is 94.8 Å². The molecule has 0 spiro atoms. The van der Waals surface area contributed by atoms with Gasteiger partial charge < -0.3 is 20.4 Å². The van der Waals surface area contributed by atoms with E-state index in [2.05, 4.69) is 63.8 Å². The molecule has 236 valence electrons. The first kappa shape index (κ1) is 30.9. The summed E-state index contributed by atoms with van der Waals surface area (Å²) in [5, 5.41) is 25.4. The van der Waals surface area contributed by atoms with Crippen molar-refractivity contribution in [3.63, 3.8) is 0 Å². The van der Waals surface area contributed by atoms with Gasteiger partial charge in [0.05, 0.1) is 0 Å². The number of nitrogens with one attached hydrogen (secondary N) is 2. The van der Waals surface area contributed by atoms with Crippen molar-refractivity contribution in [3.8, 4) is 11.5 Å². The number of phenols is 2. The maximum atomic E-state index is 12.1. The van der Waals surface area contributed by atoms with Gasteiger partial charge in [0.2, 0.25) is 11.8 Å². The molecule has 8 heteroatoms. The summed E-state index contributed by atoms with van der Waals surface area (Å²) in [6.45, 7) is 6.79. The maximum Gasteiger partial charge on any atom is 0.249 e. The number of benzene rings is 4. The van der Waals surface area contributed by atoms with Gasteiger partial charge in [-0.25, -0.2) is 0 Å². The highest BCUT2D eigenvalue weighted by atomic mass is 16.3. The van der Waals surface area contributed by atoms with E-state index >= 15 is 0 Å². The van der Waals surface area contributed by atoms with Crippen LogP contribution < -0.4 is 15.5 Å². The molecule has 46 heavy (non-hydrogen) atoms. The van der Waals surface area contributed by atoms with Crippen molar-refractivity contribution in [1.82, 2.24) is 10.2 Å². The summed E-state index contributed by atoms with van der Waals surface area (Å²) in [5.74, 6) is 0.00739. The fourth-order valence-corrected chi connectivity index (χ4v) is 6.33. The number of hydrogen-bond acceptors (Lipinski definition) is 7. The second-order valence-corrected chi connectivity index (χ2v) is 12.0. The Labute approximate surface area is 270 Å². The van der Waals surface area contributed by atoms with E-state index in [1.807, 2.05) is 36.4 Å². The second kappa shape index (κ2) is 13.9. The first-order valence-corrected chi connectivity index (χ1v) is 15.9. The van der Waals surface area contributed by atoms with Gasteiger partial charge in [-0.2, -0.15) is 0 Å². The van der Waals surface area contributed by atoms with Crippen LogP contribution in [-0.4, -0.2) is 59.1 Å². The second-order valence-electron chi connectivity index (χ2n) is 12.0. The zero-order chi connectivity index (χ0) is 32.0. The van der Waals surface area contributed by atoms with Crippen molar-refractivity contribution in [2.24, 2.45) is 0 Å². The molecule has 2 saturated heterocycles. The molecule has 0 bridgehead atoms. The smallest absolute Gasteiger partial charge is 0.249 e. The average Bonchev–Trinajstić information content (AvgIpc) is 3.07. The minimum Gasteiger partial charge on any atom is -0.508 e. The number of phenolic OH excluding ortho intramolecular Hbond substituents is 2. The molecule has 2 amide bonds. The number of nitrogens with zero attached hydrogens (tertiary/aromatic N) is 2. The summed E-state index contributed by atoms with van der Waals surface area (Å²) in [6, 6.07) is 31.3. The van der Waals surface area contributed by atoms with Crippen LogP contribution in [0.5, 0.6) is 11.5 Å². The highest BCUT2D eigenvalue weighted by Crippen LogP contribution is 2.36. The molecule has 4 aromatic carbocycles. The first-order chi connectivity index (χ1) is 22.4. The number of anilines is 2. The summed E-state index contributed by atoms with van der Waals surface area (Å²) in [7, 11) is 0. The Morgan fingerprint density at radius 2 is 1.33 bits per heavy atom. The van der Waals surface area contributed by atoms with Crippen LogP contribution in [0.15, 0.2) is 97.1 Å². The van der Waals surface area contributed by atoms with Crippen LogP contribution in [0.4, 0.5) is 11.4 Å². The fourth-order valence-electron chi connectivity index (χ4n) is 6.33. The van der Waals surface area contributed by atoms with Gasteiger partial charge >= 0.3 is 0 Å². The molecule has 1 atom stereocenters. The van der Waals surface area contributed by atoms with E-state index in [9.17, 15) is 19.8 Å². The van der Waals surface area contributed by atoms with E-state index in [-0.39, 0.29) is 29.4 Å². The Hall–Kier alpha value is -5.08. The van der Waals surface area contributed by atoms with E-state index in [4.69, 9.17) is 0 Å². The number of piperazine rings is 1. The Kier molecular flexibility index (Phi) is 9.36. The van der Waals surface area contributed by atoms with Gasteiger partial charge in [-0.15, -0.1) is 0 Å². The Balaban J connectivity index is 1.10. The number of imide groups is 1. The van der Waals surface area contributed by atoms with E-state index in [0.717, 1.165) is 67.1 Å². The molecule has 2 aliphatic rings. The normalized spacial score (nSPS) is 17.8. The largest absolute Gasteiger partial charge is 0.508 e. The quantitative estimate of drug-likeness (QED) is 0.135. The molecular weight excluding hydrogens is 576 g/mol. The summed E-state index contributed by atoms with van der Waals surface area (Å²) in [5.41, 5.74) is 8.78. The minimum absolute atomic E-state index is 0.208. The van der Waals surface area contributed by atoms with Crippen molar-refractivity contribution in [2.45, 2.75) is 38.8 Å². The number of carbonyl (C=O) groups is 2. The third kappa shape index (κ3) is 7.24. The van der Waals surface area contributed by atoms with Gasteiger partial charge in [-0.3, -0.25) is 19.8 Å². The summed E-state index contributed by atoms with van der Waals surface area (Å²) in [4.78, 5) is 28.4. The molecule has 4 N–H and O–H groups in total. The van der Waals surface area contributed by atoms with Crippen molar-refractivity contribution in [1.29, 1.82) is 0 Å². The van der Waals surface area contributed by atoms with Crippen LogP contribution in [0.2, 0.25) is 0 Å². The Morgan fingerprint density at radius 1 is 0.761 bits per heavy atom. The van der Waals surface area contributed by atoms with Crippen LogP contribution in [-0.2, 0) is 16.1 Å². The van der Waals surface area contributed by atoms with Gasteiger partial charge in [0.1, 0.15) is 17.5 Å². The highest BCUT2D eigenvalue weighted by molar-refractivity contribution is 6.01. The van der Waals surface area contributed by atoms with E-state index < -0.39 is 0 Å². The monoisotopic (exact) mass is 616 g/mol. The molecule has 0 aliphatic carbocycles. The van der Waals surface area contributed by atoms with Crippen LogP contribution in [0, 0.1) is 0 Å². The van der Waals surface area contributed by atoms with Gasteiger partial charge in [0.25, 0.3) is 0 Å². The Morgan fingerprint density at radius 3 is 1.89 bits per heavy atom. The number of carbonyl (C=O) groups excluding carboxylic acids is 2. The molecule has 4 aromatic rings. The third-order valence-electron chi connectivity index (χ3n) is 8.86. The highest BCUT2D eigenvalue weighted by Gasteiger charge is 2.26. The lowest BCUT2D eigenvalue weighted by molar-refractivity contribution is -0.133. The Bertz CT molecular complexity index is 1690. The van der Waals surface area contributed by atoms with Crippen LogP contribution in [0.1, 0.15) is 48.4 Å². The predicted octanol–water partition coefficient (Wildman–Crippen LogP) is 6.01. The predicted molar refractivity (Wildman–Crippen MR) is 183 cm³/mol. The first-order valence-electron chi connectivity index (χ1n) is 15.9. The van der Waals surface area contributed by atoms with Gasteiger partial charge in [-0.1, -0.05) is 55.5 Å². The molecule has 2 aliphatic heterocycles. The number of rotatable bonds is 9. The van der Waals surface area contributed by atoms with E-state index in [0.29, 0.717) is 12.8 Å². The fraction of sp³-hybridized carbons (Fsp3) is 0.263. The number of allylic oxidation sites excluding steroid dienone is 1. The van der Waals surface area contributed by atoms with Crippen molar-refractivity contribution >= 4 is 34.3 Å². The lowest BCUT2D eigenvalue weighted by Crippen LogP contribution is -2.47. The number of hydrogen-bond donors (Lipinski definition) is 4. The van der Waals surface area contributed by atoms with Gasteiger partial charge in [0, 0.05) is 50.5 Å². The average molecular weight is 617 g/mol. The topological polar surface area (TPSA) is 105 Å². The molecule has 8 nitrogen and oxygen atoms in total. The molecular formula is C38H40N4O4. The summed E-state index contributed by atoms with van der Waals surface area (Å²) in [6.07, 6.45) is 1.68. The van der Waals surface area contributed by atoms with Crippen LogP contribution in [0.3, 0.4) is 0 Å². The third-order valence-corrected chi connectivity index (χ3v) is 8.86. The number of aromatic hydroxyl groups is 2. The minimum atomic E-state index is -0.380. The zero-order valence-electron chi connectivity index (χ0n) is 26.1. The molecule has 2 heterocycles. The van der Waals surface area contributed by atoms with E-state index in [1.165, 1.54) is 16.8 Å². The molecule has 0 radical (unpaired) electrons. The maximum absolute atomic E-state index is 12.1. The molecule has 0 aromatic heterocycles. The molecule has 2 fully saturated rings. The van der Waals surface area contributed by atoms with Crippen LogP contribution in [0.25, 0.3) is 11.1 Å². The molecule has 6 rings (SSSR count). The van der Waals surface area contributed by atoms with Crippen molar-refractivity contribution in [2.75, 3.05) is 36.4 Å². The van der Waals surface area contributed by atoms with Crippen molar-refractivity contribution in [3.05, 3.63) is 119 Å². The standard InChI is InChI=1S/C38H40N4O4/c1-2-34(27-7-15-32(43)16-8-27)37(29-9-17-33(44)18-10-29)28-5-13-31(14-6-28)42-23-21-41(22-24-42)25-26-3-11-30(12-4-26)39-35-19-20-36(45)40-38(35)46/h3-18,35,39,43-44H,2,19-25H2,1H3,(H,40,45,46). The number of amides is 2. The summed E-state index contributed by atoms with van der Waals surface area (Å²) < 4.78 is 0. The van der Waals surface area contributed by atoms with E-state index in [1.54, 1.807) is 24.3 Å². The van der Waals surface area contributed by atoms with Gasteiger partial charge in [0.15, 0.2) is 0 Å². The molecule has 0 saturated carbocycles. The molecule has 1 unspecified atom stereocenters. The summed E-state index contributed by atoms with van der Waals surface area (Å²) >= 11 is 0. The lowest BCUT2D eigenvalue weighted by atomic mass is 9.88. The number of piperidine rings is 1. The van der Waals surface area contributed by atoms with Crippen LogP contribution >= 0.6 is 0 Å². The lowest BCUT2D eigenvalue weighted by Gasteiger charge is -2.36.